The monoisotopic (exact) mass is 286 g/mol. The molecule has 1 heterocycles. The van der Waals surface area contributed by atoms with Gasteiger partial charge < -0.3 is 21.5 Å². The van der Waals surface area contributed by atoms with Crippen LogP contribution in [-0.2, 0) is 14.4 Å². The van der Waals surface area contributed by atoms with Gasteiger partial charge in [0.25, 0.3) is 0 Å². The van der Waals surface area contributed by atoms with E-state index in [1.54, 1.807) is 13.8 Å². The van der Waals surface area contributed by atoms with Crippen LogP contribution in [0.5, 0.6) is 0 Å². The first-order chi connectivity index (χ1) is 9.25. The second-order valence-electron chi connectivity index (χ2n) is 5.33. The molecule has 8 nitrogen and oxygen atoms in total. The maximum Gasteiger partial charge on any atom is 0.326 e. The van der Waals surface area contributed by atoms with Gasteiger partial charge in [-0.3, -0.25) is 14.5 Å². The Balaban J connectivity index is 2.70. The van der Waals surface area contributed by atoms with E-state index in [9.17, 15) is 14.4 Å². The largest absolute Gasteiger partial charge is 0.480 e. The van der Waals surface area contributed by atoms with Crippen LogP contribution in [-0.4, -0.2) is 65.5 Å². The highest BCUT2D eigenvalue weighted by Gasteiger charge is 2.37. The number of carboxylic acid groups (broad SMARTS) is 1. The van der Waals surface area contributed by atoms with Crippen LogP contribution in [0.25, 0.3) is 0 Å². The number of rotatable bonds is 6. The minimum absolute atomic E-state index is 0.418. The molecule has 0 aromatic heterocycles. The van der Waals surface area contributed by atoms with Crippen molar-refractivity contribution in [3.05, 3.63) is 0 Å². The molecule has 0 unspecified atom stereocenters. The average molecular weight is 286 g/mol. The summed E-state index contributed by atoms with van der Waals surface area (Å²) in [4.78, 5) is 36.1. The maximum atomic E-state index is 12.3. The first-order valence-electron chi connectivity index (χ1n) is 6.53. The molecule has 1 aliphatic heterocycles. The topological polar surface area (TPSA) is 125 Å². The second-order valence-corrected chi connectivity index (χ2v) is 5.33. The molecule has 1 fully saturated rings. The number of amides is 2. The zero-order valence-corrected chi connectivity index (χ0v) is 11.8. The van der Waals surface area contributed by atoms with Crippen molar-refractivity contribution in [3.8, 4) is 0 Å². The molecule has 8 heteroatoms. The summed E-state index contributed by atoms with van der Waals surface area (Å²) in [6.07, 6.45) is -0.418. The van der Waals surface area contributed by atoms with Crippen LogP contribution in [0.15, 0.2) is 0 Å². The smallest absolute Gasteiger partial charge is 0.326 e. The van der Waals surface area contributed by atoms with Crippen molar-refractivity contribution < 1.29 is 19.5 Å². The number of nitrogens with one attached hydrogen (secondary N) is 2. The predicted octanol–water partition coefficient (Wildman–Crippen LogP) is -1.88. The molecular weight excluding hydrogens is 264 g/mol. The molecule has 1 saturated heterocycles. The molecule has 5 N–H and O–H groups in total. The minimum Gasteiger partial charge on any atom is -0.480 e. The van der Waals surface area contributed by atoms with Gasteiger partial charge in [0.15, 0.2) is 0 Å². The van der Waals surface area contributed by atoms with Crippen LogP contribution in [0.3, 0.4) is 0 Å². The number of aliphatic carboxylic acids is 1. The van der Waals surface area contributed by atoms with Gasteiger partial charge in [0.05, 0.1) is 12.0 Å². The predicted molar refractivity (Wildman–Crippen MR) is 71.9 cm³/mol. The quantitative estimate of drug-likeness (QED) is 0.453. The van der Waals surface area contributed by atoms with E-state index in [0.29, 0.717) is 13.1 Å². The summed E-state index contributed by atoms with van der Waals surface area (Å²) >= 11 is 0. The molecular formula is C12H22N4O4. The molecule has 114 valence electrons. The van der Waals surface area contributed by atoms with E-state index in [1.807, 2.05) is 4.90 Å². The molecule has 2 amide bonds. The minimum atomic E-state index is -1.29. The summed E-state index contributed by atoms with van der Waals surface area (Å²) < 4.78 is 0. The highest BCUT2D eigenvalue weighted by molar-refractivity contribution is 5.91. The molecule has 0 aliphatic carbocycles. The van der Waals surface area contributed by atoms with Crippen molar-refractivity contribution in [2.45, 2.75) is 31.8 Å². The van der Waals surface area contributed by atoms with Crippen molar-refractivity contribution in [3.63, 3.8) is 0 Å². The van der Waals surface area contributed by atoms with Gasteiger partial charge in [0.1, 0.15) is 6.04 Å². The number of nitrogens with zero attached hydrogens (tertiary/aromatic N) is 1. The molecule has 20 heavy (non-hydrogen) atoms. The highest BCUT2D eigenvalue weighted by atomic mass is 16.4. The zero-order valence-electron chi connectivity index (χ0n) is 11.8. The molecule has 0 saturated carbocycles. The highest BCUT2D eigenvalue weighted by Crippen LogP contribution is 2.15. The number of nitrogens with two attached hydrogens (primary N) is 1. The first kappa shape index (κ1) is 16.4. The van der Waals surface area contributed by atoms with Gasteiger partial charge in [-0.05, 0) is 13.8 Å². The lowest BCUT2D eigenvalue weighted by atomic mass is 9.99. The normalized spacial score (nSPS) is 18.3. The van der Waals surface area contributed by atoms with Crippen LogP contribution < -0.4 is 16.4 Å². The van der Waals surface area contributed by atoms with Crippen LogP contribution in [0, 0.1) is 0 Å². The standard InChI is InChI=1S/C12H22N4O4/c1-12(2,16-5-3-14-4-6-16)11(20)15-8(10(18)19)7-9(13)17/h8,14H,3-7H2,1-2H3,(H2,13,17)(H,15,20)(H,18,19)/t8-/m1/s1. The van der Waals surface area contributed by atoms with Gasteiger partial charge in [0, 0.05) is 26.2 Å². The fraction of sp³-hybridized carbons (Fsp3) is 0.750. The Morgan fingerprint density at radius 3 is 2.35 bits per heavy atom. The summed E-state index contributed by atoms with van der Waals surface area (Å²) in [6, 6.07) is -1.29. The zero-order chi connectivity index (χ0) is 15.3. The third-order valence-corrected chi connectivity index (χ3v) is 3.47. The van der Waals surface area contributed by atoms with Crippen LogP contribution in [0.4, 0.5) is 0 Å². The van der Waals surface area contributed by atoms with Crippen LogP contribution >= 0.6 is 0 Å². The molecule has 0 aromatic rings. The van der Waals surface area contributed by atoms with Gasteiger partial charge in [-0.1, -0.05) is 0 Å². The molecule has 1 rings (SSSR count). The number of carboxylic acids is 1. The Hall–Kier alpha value is -1.67. The Labute approximate surface area is 117 Å². The lowest BCUT2D eigenvalue weighted by Gasteiger charge is -2.40. The Kier molecular flexibility index (Phi) is 5.46. The Bertz CT molecular complexity index is 391. The van der Waals surface area contributed by atoms with E-state index in [0.717, 1.165) is 13.1 Å². The summed E-state index contributed by atoms with van der Waals surface area (Å²) in [5, 5.41) is 14.6. The number of piperazine rings is 1. The number of carbonyl (C=O) groups excluding carboxylic acids is 2. The van der Waals surface area contributed by atoms with Crippen molar-refractivity contribution in [2.75, 3.05) is 26.2 Å². The van der Waals surface area contributed by atoms with Crippen molar-refractivity contribution in [1.29, 1.82) is 0 Å². The molecule has 0 aromatic carbocycles. The third-order valence-electron chi connectivity index (χ3n) is 3.47. The van der Waals surface area contributed by atoms with Gasteiger partial charge in [-0.25, -0.2) is 4.79 Å². The van der Waals surface area contributed by atoms with Crippen molar-refractivity contribution in [1.82, 2.24) is 15.5 Å². The summed E-state index contributed by atoms with van der Waals surface area (Å²) in [5.74, 6) is -2.46. The molecule has 1 aliphatic rings. The van der Waals surface area contributed by atoms with Gasteiger partial charge in [-0.15, -0.1) is 0 Å². The number of carbonyl (C=O) groups is 3. The number of hydrogen-bond acceptors (Lipinski definition) is 5. The van der Waals surface area contributed by atoms with E-state index < -0.39 is 35.8 Å². The molecule has 1 atom stereocenters. The Morgan fingerprint density at radius 1 is 1.35 bits per heavy atom. The maximum absolute atomic E-state index is 12.3. The van der Waals surface area contributed by atoms with E-state index in [2.05, 4.69) is 10.6 Å². The molecule has 0 radical (unpaired) electrons. The van der Waals surface area contributed by atoms with Crippen LogP contribution in [0.1, 0.15) is 20.3 Å². The van der Waals surface area contributed by atoms with E-state index in [1.165, 1.54) is 0 Å². The first-order valence-corrected chi connectivity index (χ1v) is 6.53. The fourth-order valence-corrected chi connectivity index (χ4v) is 2.10. The van der Waals surface area contributed by atoms with Gasteiger partial charge in [0.2, 0.25) is 11.8 Å². The van der Waals surface area contributed by atoms with E-state index in [-0.39, 0.29) is 0 Å². The van der Waals surface area contributed by atoms with Crippen molar-refractivity contribution in [2.24, 2.45) is 5.73 Å². The SMILES string of the molecule is CC(C)(C(=O)N[C@H](CC(N)=O)C(=O)O)N1CCNCC1. The third kappa shape index (κ3) is 4.17. The fourth-order valence-electron chi connectivity index (χ4n) is 2.10. The van der Waals surface area contributed by atoms with Gasteiger partial charge >= 0.3 is 5.97 Å². The average Bonchev–Trinajstić information content (AvgIpc) is 2.38. The summed E-state index contributed by atoms with van der Waals surface area (Å²) in [7, 11) is 0. The van der Waals surface area contributed by atoms with E-state index in [4.69, 9.17) is 10.8 Å². The van der Waals surface area contributed by atoms with Crippen LogP contribution in [0.2, 0.25) is 0 Å². The molecule has 0 bridgehead atoms. The molecule has 0 spiro atoms. The number of primary amides is 1. The number of hydrogen-bond donors (Lipinski definition) is 4. The van der Waals surface area contributed by atoms with Crippen molar-refractivity contribution >= 4 is 17.8 Å². The summed E-state index contributed by atoms with van der Waals surface area (Å²) in [5.41, 5.74) is 4.15. The summed E-state index contributed by atoms with van der Waals surface area (Å²) in [6.45, 7) is 6.43. The lowest BCUT2D eigenvalue weighted by Crippen LogP contribution is -2.61. The second kappa shape index (κ2) is 6.67. The van der Waals surface area contributed by atoms with E-state index >= 15 is 0 Å². The lowest BCUT2D eigenvalue weighted by molar-refractivity contribution is -0.145. The Morgan fingerprint density at radius 2 is 1.90 bits per heavy atom. The van der Waals surface area contributed by atoms with Gasteiger partial charge in [-0.2, -0.15) is 0 Å².